The Bertz CT molecular complexity index is 601. The molecule has 1 aromatic carbocycles. The fourth-order valence-electron chi connectivity index (χ4n) is 1.74. The molecule has 1 atom stereocenters. The number of benzene rings is 1. The summed E-state index contributed by atoms with van der Waals surface area (Å²) in [5.41, 5.74) is 0.862. The fraction of sp³-hybridized carbons (Fsp3) is 0.385. The zero-order valence-corrected chi connectivity index (χ0v) is 13.0. The molecular formula is C13H12Cl2N2O2S. The third kappa shape index (κ3) is 3.05. The van der Waals surface area contributed by atoms with E-state index in [0.717, 1.165) is 23.5 Å². The highest BCUT2D eigenvalue weighted by molar-refractivity contribution is 7.99. The molecule has 1 heterocycles. The van der Waals surface area contributed by atoms with Crippen LogP contribution in [0, 0.1) is 5.92 Å². The third-order valence-electron chi connectivity index (χ3n) is 3.11. The van der Waals surface area contributed by atoms with Gasteiger partial charge in [0.1, 0.15) is 10.1 Å². The summed E-state index contributed by atoms with van der Waals surface area (Å²) >= 11 is 13.4. The summed E-state index contributed by atoms with van der Waals surface area (Å²) in [6.07, 6.45) is 0.822. The molecule has 20 heavy (non-hydrogen) atoms. The molecule has 1 aliphatic rings. The van der Waals surface area contributed by atoms with E-state index in [1.54, 1.807) is 7.11 Å². The van der Waals surface area contributed by atoms with E-state index in [2.05, 4.69) is 10.2 Å². The lowest BCUT2D eigenvalue weighted by molar-refractivity contribution is 0.414. The van der Waals surface area contributed by atoms with Crippen LogP contribution in [-0.4, -0.2) is 27.4 Å². The summed E-state index contributed by atoms with van der Waals surface area (Å²) in [5.74, 6) is 2.37. The second-order valence-electron chi connectivity index (χ2n) is 4.57. The van der Waals surface area contributed by atoms with Crippen LogP contribution in [0.3, 0.4) is 0 Å². The van der Waals surface area contributed by atoms with Crippen molar-refractivity contribution in [3.05, 3.63) is 24.3 Å². The Kier molecular flexibility index (Phi) is 3.84. The number of ether oxygens (including phenoxy) is 1. The highest BCUT2D eigenvalue weighted by atomic mass is 35.5. The van der Waals surface area contributed by atoms with Gasteiger partial charge in [0.15, 0.2) is 0 Å². The average molecular weight is 331 g/mol. The van der Waals surface area contributed by atoms with Gasteiger partial charge in [0.2, 0.25) is 5.89 Å². The number of methoxy groups -OCH3 is 1. The Morgan fingerprint density at radius 3 is 2.65 bits per heavy atom. The van der Waals surface area contributed by atoms with Gasteiger partial charge in [-0.1, -0.05) is 11.8 Å². The first-order valence-electron chi connectivity index (χ1n) is 6.07. The second kappa shape index (κ2) is 5.47. The Morgan fingerprint density at radius 2 is 2.05 bits per heavy atom. The second-order valence-corrected chi connectivity index (χ2v) is 7.09. The summed E-state index contributed by atoms with van der Waals surface area (Å²) in [6, 6.07) is 7.46. The molecule has 3 rings (SSSR count). The number of thioether (sulfide) groups is 1. The van der Waals surface area contributed by atoms with Gasteiger partial charge in [-0.15, -0.1) is 33.4 Å². The molecule has 1 aliphatic carbocycles. The van der Waals surface area contributed by atoms with Crippen LogP contribution in [0.25, 0.3) is 11.5 Å². The van der Waals surface area contributed by atoms with Gasteiger partial charge in [0.25, 0.3) is 5.22 Å². The summed E-state index contributed by atoms with van der Waals surface area (Å²) < 4.78 is 10.1. The molecular weight excluding hydrogens is 319 g/mol. The quantitative estimate of drug-likeness (QED) is 0.611. The van der Waals surface area contributed by atoms with Gasteiger partial charge in [-0.25, -0.2) is 0 Å². The predicted octanol–water partition coefficient (Wildman–Crippen LogP) is 4.03. The lowest BCUT2D eigenvalue weighted by atomic mass is 10.2. The fourth-order valence-corrected chi connectivity index (χ4v) is 3.43. The van der Waals surface area contributed by atoms with E-state index in [1.165, 1.54) is 11.8 Å². The van der Waals surface area contributed by atoms with Crippen molar-refractivity contribution in [3.8, 4) is 17.2 Å². The molecule has 1 unspecified atom stereocenters. The summed E-state index contributed by atoms with van der Waals surface area (Å²) in [4.78, 5) is 0. The van der Waals surface area contributed by atoms with E-state index in [-0.39, 0.29) is 0 Å². The van der Waals surface area contributed by atoms with Crippen LogP contribution in [0.1, 0.15) is 6.42 Å². The van der Waals surface area contributed by atoms with Gasteiger partial charge in [0, 0.05) is 17.2 Å². The molecule has 0 amide bonds. The van der Waals surface area contributed by atoms with E-state index in [9.17, 15) is 0 Å². The smallest absolute Gasteiger partial charge is 0.276 e. The first kappa shape index (κ1) is 14.0. The number of alkyl halides is 2. The van der Waals surface area contributed by atoms with Crippen LogP contribution in [0.4, 0.5) is 0 Å². The third-order valence-corrected chi connectivity index (χ3v) is 5.01. The Hall–Kier alpha value is -0.910. The van der Waals surface area contributed by atoms with Crippen molar-refractivity contribution in [2.75, 3.05) is 12.9 Å². The number of rotatable bonds is 5. The SMILES string of the molecule is COc1ccc(-c2nnc(SCC3CC3(Cl)Cl)o2)cc1. The molecule has 0 aliphatic heterocycles. The van der Waals surface area contributed by atoms with Gasteiger partial charge in [-0.2, -0.15) is 0 Å². The number of aromatic nitrogens is 2. The van der Waals surface area contributed by atoms with Crippen molar-refractivity contribution >= 4 is 35.0 Å². The number of hydrogen-bond donors (Lipinski definition) is 0. The Balaban J connectivity index is 1.63. The van der Waals surface area contributed by atoms with Crippen LogP contribution in [-0.2, 0) is 0 Å². The molecule has 2 aromatic rings. The molecule has 0 bridgehead atoms. The minimum absolute atomic E-state index is 0.298. The maximum atomic E-state index is 5.98. The average Bonchev–Trinajstić information content (AvgIpc) is 2.88. The summed E-state index contributed by atoms with van der Waals surface area (Å²) in [7, 11) is 1.63. The zero-order chi connectivity index (χ0) is 14.2. The Morgan fingerprint density at radius 1 is 1.35 bits per heavy atom. The van der Waals surface area contributed by atoms with E-state index < -0.39 is 4.33 Å². The molecule has 4 nitrogen and oxygen atoms in total. The van der Waals surface area contributed by atoms with Gasteiger partial charge in [-0.05, 0) is 30.7 Å². The maximum Gasteiger partial charge on any atom is 0.276 e. The minimum Gasteiger partial charge on any atom is -0.497 e. The summed E-state index contributed by atoms with van der Waals surface area (Å²) in [5, 5.41) is 8.58. The summed E-state index contributed by atoms with van der Waals surface area (Å²) in [6.45, 7) is 0. The van der Waals surface area contributed by atoms with E-state index in [1.807, 2.05) is 24.3 Å². The van der Waals surface area contributed by atoms with Crippen molar-refractivity contribution in [3.63, 3.8) is 0 Å². The normalized spacial score (nSPS) is 19.9. The number of hydrogen-bond acceptors (Lipinski definition) is 5. The van der Waals surface area contributed by atoms with E-state index >= 15 is 0 Å². The topological polar surface area (TPSA) is 48.2 Å². The molecule has 1 aromatic heterocycles. The lowest BCUT2D eigenvalue weighted by Crippen LogP contribution is -1.92. The highest BCUT2D eigenvalue weighted by Crippen LogP contribution is 2.54. The molecule has 1 saturated carbocycles. The first-order chi connectivity index (χ1) is 9.58. The van der Waals surface area contributed by atoms with Gasteiger partial charge in [-0.3, -0.25) is 0 Å². The van der Waals surface area contributed by atoms with Crippen molar-refractivity contribution < 1.29 is 9.15 Å². The number of halogens is 2. The van der Waals surface area contributed by atoms with Gasteiger partial charge < -0.3 is 9.15 Å². The molecule has 0 radical (unpaired) electrons. The van der Waals surface area contributed by atoms with E-state index in [4.69, 9.17) is 32.4 Å². The predicted molar refractivity (Wildman–Crippen MR) is 79.6 cm³/mol. The van der Waals surface area contributed by atoms with Crippen molar-refractivity contribution in [1.29, 1.82) is 0 Å². The number of nitrogens with zero attached hydrogens (tertiary/aromatic N) is 2. The van der Waals surface area contributed by atoms with Crippen LogP contribution in [0.15, 0.2) is 33.9 Å². The van der Waals surface area contributed by atoms with Crippen molar-refractivity contribution in [1.82, 2.24) is 10.2 Å². The zero-order valence-electron chi connectivity index (χ0n) is 10.7. The molecule has 106 valence electrons. The first-order valence-corrected chi connectivity index (χ1v) is 7.81. The molecule has 0 spiro atoms. The van der Waals surface area contributed by atoms with Crippen molar-refractivity contribution in [2.24, 2.45) is 5.92 Å². The van der Waals surface area contributed by atoms with Gasteiger partial charge in [0.05, 0.1) is 7.11 Å². The largest absolute Gasteiger partial charge is 0.497 e. The van der Waals surface area contributed by atoms with Crippen molar-refractivity contribution in [2.45, 2.75) is 16.0 Å². The maximum absolute atomic E-state index is 5.98. The molecule has 7 heteroatoms. The van der Waals surface area contributed by atoms with Crippen LogP contribution in [0.2, 0.25) is 0 Å². The molecule has 1 fully saturated rings. The minimum atomic E-state index is -0.564. The molecule has 0 saturated heterocycles. The monoisotopic (exact) mass is 330 g/mol. The van der Waals surface area contributed by atoms with Gasteiger partial charge >= 0.3 is 0 Å². The van der Waals surface area contributed by atoms with E-state index in [0.29, 0.717) is 17.0 Å². The van der Waals surface area contributed by atoms with Crippen LogP contribution < -0.4 is 4.74 Å². The van der Waals surface area contributed by atoms with Crippen LogP contribution >= 0.6 is 35.0 Å². The Labute approximate surface area is 130 Å². The standard InChI is InChI=1S/C13H12Cl2N2O2S/c1-18-10-4-2-8(3-5-10)11-16-17-12(19-11)20-7-9-6-13(9,14)15/h2-5,9H,6-7H2,1H3. The molecule has 0 N–H and O–H groups in total. The van der Waals surface area contributed by atoms with Crippen LogP contribution in [0.5, 0.6) is 5.75 Å². The lowest BCUT2D eigenvalue weighted by Gasteiger charge is -1.99. The highest BCUT2D eigenvalue weighted by Gasteiger charge is 2.51.